The van der Waals surface area contributed by atoms with Crippen LogP contribution in [0.15, 0.2) is 0 Å². The second-order valence-electron chi connectivity index (χ2n) is 4.62. The molecule has 14 heavy (non-hydrogen) atoms. The largest absolute Gasteiger partial charge is 0.393 e. The van der Waals surface area contributed by atoms with Crippen LogP contribution in [0.2, 0.25) is 0 Å². The number of hydrogen-bond acceptors (Lipinski definition) is 2. The summed E-state index contributed by atoms with van der Waals surface area (Å²) >= 11 is 4.90. The van der Waals surface area contributed by atoms with Crippen LogP contribution >= 0.6 is 12.2 Å². The summed E-state index contributed by atoms with van der Waals surface area (Å²) in [5.74, 6) is 0.437. The summed E-state index contributed by atoms with van der Waals surface area (Å²) in [6, 6.07) is 0. The monoisotopic (exact) mass is 216 g/mol. The molecule has 3 N–H and O–H groups in total. The minimum absolute atomic E-state index is 0.0596. The van der Waals surface area contributed by atoms with Gasteiger partial charge < -0.3 is 11.1 Å². The third-order valence-electron chi connectivity index (χ3n) is 1.99. The average molecular weight is 216 g/mol. The van der Waals surface area contributed by atoms with E-state index in [0.29, 0.717) is 23.9 Å². The summed E-state index contributed by atoms with van der Waals surface area (Å²) in [7, 11) is 0. The second kappa shape index (κ2) is 5.29. The Balaban J connectivity index is 3.94. The van der Waals surface area contributed by atoms with Crippen LogP contribution in [0.5, 0.6) is 0 Å². The van der Waals surface area contributed by atoms with E-state index >= 15 is 0 Å². The third-order valence-corrected chi connectivity index (χ3v) is 2.54. The Bertz CT molecular complexity index is 224. The Morgan fingerprint density at radius 1 is 1.50 bits per heavy atom. The summed E-state index contributed by atoms with van der Waals surface area (Å²) in [6.45, 7) is 8.38. The highest BCUT2D eigenvalue weighted by molar-refractivity contribution is 7.80. The Morgan fingerprint density at radius 3 is 2.36 bits per heavy atom. The van der Waals surface area contributed by atoms with Crippen molar-refractivity contribution in [1.82, 2.24) is 5.32 Å². The minimum Gasteiger partial charge on any atom is -0.393 e. The smallest absolute Gasteiger partial charge is 0.220 e. The van der Waals surface area contributed by atoms with E-state index in [1.54, 1.807) is 0 Å². The fraction of sp³-hybridized carbons (Fsp3) is 0.800. The summed E-state index contributed by atoms with van der Waals surface area (Å²) < 4.78 is 0. The van der Waals surface area contributed by atoms with E-state index in [4.69, 9.17) is 18.0 Å². The van der Waals surface area contributed by atoms with E-state index in [1.165, 1.54) is 0 Å². The van der Waals surface area contributed by atoms with Crippen LogP contribution in [0.4, 0.5) is 0 Å². The first-order valence-electron chi connectivity index (χ1n) is 4.82. The van der Waals surface area contributed by atoms with Gasteiger partial charge in [-0.25, -0.2) is 0 Å². The number of nitrogens with one attached hydrogen (secondary N) is 1. The zero-order valence-electron chi connectivity index (χ0n) is 9.39. The normalized spacial score (nSPS) is 11.5. The van der Waals surface area contributed by atoms with Crippen molar-refractivity contribution in [2.24, 2.45) is 17.1 Å². The lowest BCUT2D eigenvalue weighted by Gasteiger charge is -2.23. The van der Waals surface area contributed by atoms with Gasteiger partial charge in [-0.2, -0.15) is 0 Å². The molecule has 0 heterocycles. The van der Waals surface area contributed by atoms with Gasteiger partial charge in [0.15, 0.2) is 0 Å². The number of carbonyl (C=O) groups is 1. The molecule has 0 rings (SSSR count). The first-order chi connectivity index (χ1) is 6.25. The van der Waals surface area contributed by atoms with Crippen LogP contribution in [-0.2, 0) is 4.79 Å². The molecule has 1 amide bonds. The van der Waals surface area contributed by atoms with Crippen molar-refractivity contribution in [3.8, 4) is 0 Å². The van der Waals surface area contributed by atoms with E-state index in [1.807, 2.05) is 27.7 Å². The van der Waals surface area contributed by atoms with Crippen LogP contribution in [0, 0.1) is 11.3 Å². The molecular formula is C10H20N2OS. The van der Waals surface area contributed by atoms with Crippen LogP contribution in [-0.4, -0.2) is 17.4 Å². The molecule has 0 bridgehead atoms. The Hall–Kier alpha value is -0.640. The van der Waals surface area contributed by atoms with Crippen molar-refractivity contribution >= 4 is 23.1 Å². The highest BCUT2D eigenvalue weighted by Crippen LogP contribution is 2.13. The zero-order chi connectivity index (χ0) is 11.4. The molecule has 0 fully saturated rings. The molecule has 82 valence electrons. The highest BCUT2D eigenvalue weighted by atomic mass is 32.1. The standard InChI is InChI=1S/C10H20N2OS/c1-7(2)5-8(13)12-6-10(3,4)9(11)14/h7H,5-6H2,1-4H3,(H2,11,14)(H,12,13). The summed E-state index contributed by atoms with van der Waals surface area (Å²) in [5, 5.41) is 2.83. The highest BCUT2D eigenvalue weighted by Gasteiger charge is 2.21. The van der Waals surface area contributed by atoms with Gasteiger partial charge in [0.1, 0.15) is 0 Å². The predicted octanol–water partition coefficient (Wildman–Crippen LogP) is 1.46. The lowest BCUT2D eigenvalue weighted by Crippen LogP contribution is -2.41. The van der Waals surface area contributed by atoms with E-state index < -0.39 is 0 Å². The predicted molar refractivity (Wildman–Crippen MR) is 63.0 cm³/mol. The molecule has 0 aliphatic rings. The molecule has 0 saturated heterocycles. The topological polar surface area (TPSA) is 55.1 Å². The third kappa shape index (κ3) is 5.17. The first kappa shape index (κ1) is 13.4. The molecule has 0 aromatic rings. The summed E-state index contributed by atoms with van der Waals surface area (Å²) in [4.78, 5) is 11.8. The van der Waals surface area contributed by atoms with E-state index in [0.717, 1.165) is 0 Å². The number of nitrogens with two attached hydrogens (primary N) is 1. The molecule has 0 atom stereocenters. The Morgan fingerprint density at radius 2 is 2.00 bits per heavy atom. The van der Waals surface area contributed by atoms with Gasteiger partial charge in [-0.15, -0.1) is 0 Å². The Labute approximate surface area is 91.4 Å². The van der Waals surface area contributed by atoms with Crippen molar-refractivity contribution in [3.63, 3.8) is 0 Å². The number of carbonyl (C=O) groups excluding carboxylic acids is 1. The van der Waals surface area contributed by atoms with Gasteiger partial charge in [0.2, 0.25) is 5.91 Å². The fourth-order valence-corrected chi connectivity index (χ4v) is 0.922. The Kier molecular flexibility index (Phi) is 5.05. The fourth-order valence-electron chi connectivity index (χ4n) is 0.850. The van der Waals surface area contributed by atoms with Gasteiger partial charge >= 0.3 is 0 Å². The van der Waals surface area contributed by atoms with Crippen molar-refractivity contribution < 1.29 is 4.79 Å². The van der Waals surface area contributed by atoms with E-state index in [9.17, 15) is 4.79 Å². The number of amides is 1. The van der Waals surface area contributed by atoms with E-state index in [2.05, 4.69) is 5.32 Å². The molecule has 3 nitrogen and oxygen atoms in total. The van der Waals surface area contributed by atoms with Crippen LogP contribution in [0.25, 0.3) is 0 Å². The molecule has 4 heteroatoms. The number of thiocarbonyl (C=S) groups is 1. The summed E-state index contributed by atoms with van der Waals surface area (Å²) in [6.07, 6.45) is 0.549. The van der Waals surface area contributed by atoms with Crippen LogP contribution in [0.3, 0.4) is 0 Å². The molecule has 0 aromatic heterocycles. The zero-order valence-corrected chi connectivity index (χ0v) is 10.2. The number of hydrogen-bond donors (Lipinski definition) is 2. The number of rotatable bonds is 5. The maximum Gasteiger partial charge on any atom is 0.220 e. The second-order valence-corrected chi connectivity index (χ2v) is 5.06. The average Bonchev–Trinajstić information content (AvgIpc) is 1.99. The molecule has 0 spiro atoms. The van der Waals surface area contributed by atoms with Crippen molar-refractivity contribution in [3.05, 3.63) is 0 Å². The van der Waals surface area contributed by atoms with Gasteiger partial charge in [0, 0.05) is 18.4 Å². The van der Waals surface area contributed by atoms with Gasteiger partial charge in [0.05, 0.1) is 4.99 Å². The van der Waals surface area contributed by atoms with Gasteiger partial charge in [-0.3, -0.25) is 4.79 Å². The molecule has 0 unspecified atom stereocenters. The maximum absolute atomic E-state index is 11.3. The molecule has 0 aromatic carbocycles. The molecular weight excluding hydrogens is 196 g/mol. The molecule has 0 aliphatic carbocycles. The van der Waals surface area contributed by atoms with E-state index in [-0.39, 0.29) is 11.3 Å². The van der Waals surface area contributed by atoms with Gasteiger partial charge in [-0.05, 0) is 5.92 Å². The summed E-state index contributed by atoms with van der Waals surface area (Å²) in [5.41, 5.74) is 5.23. The minimum atomic E-state index is -0.304. The maximum atomic E-state index is 11.3. The van der Waals surface area contributed by atoms with Crippen molar-refractivity contribution in [1.29, 1.82) is 0 Å². The van der Waals surface area contributed by atoms with Gasteiger partial charge in [-0.1, -0.05) is 39.9 Å². The quantitative estimate of drug-likeness (QED) is 0.684. The lowest BCUT2D eigenvalue weighted by molar-refractivity contribution is -0.122. The van der Waals surface area contributed by atoms with Crippen molar-refractivity contribution in [2.45, 2.75) is 34.1 Å². The molecule has 0 radical (unpaired) electrons. The van der Waals surface area contributed by atoms with Crippen molar-refractivity contribution in [2.75, 3.05) is 6.54 Å². The first-order valence-corrected chi connectivity index (χ1v) is 5.23. The lowest BCUT2D eigenvalue weighted by atomic mass is 9.93. The SMILES string of the molecule is CC(C)CC(=O)NCC(C)(C)C(N)=S. The van der Waals surface area contributed by atoms with Gasteiger partial charge in [0.25, 0.3) is 0 Å². The molecule has 0 aliphatic heterocycles. The van der Waals surface area contributed by atoms with Crippen LogP contribution < -0.4 is 11.1 Å². The molecule has 0 saturated carbocycles. The van der Waals surface area contributed by atoms with Crippen LogP contribution in [0.1, 0.15) is 34.1 Å².